The van der Waals surface area contributed by atoms with Gasteiger partial charge in [0, 0.05) is 37.3 Å². The van der Waals surface area contributed by atoms with E-state index < -0.39 is 0 Å². The summed E-state index contributed by atoms with van der Waals surface area (Å²) in [7, 11) is 0. The monoisotopic (exact) mass is 379 g/mol. The number of benzene rings is 2. The summed E-state index contributed by atoms with van der Waals surface area (Å²) in [6, 6.07) is 13.1. The highest BCUT2D eigenvalue weighted by Crippen LogP contribution is 2.35. The SMILES string of the molecule is CC(=O)Nc1cc(NC(C)=O)cc(C(=O)N2CCC[C@@H]2c2ccccc2C)c1. The smallest absolute Gasteiger partial charge is 0.254 e. The van der Waals surface area contributed by atoms with Crippen LogP contribution in [0.4, 0.5) is 11.4 Å². The Morgan fingerprint density at radius 2 is 1.57 bits per heavy atom. The van der Waals surface area contributed by atoms with Gasteiger partial charge in [-0.15, -0.1) is 0 Å². The van der Waals surface area contributed by atoms with Crippen LogP contribution in [0.1, 0.15) is 54.2 Å². The number of nitrogens with one attached hydrogen (secondary N) is 2. The summed E-state index contributed by atoms with van der Waals surface area (Å²) in [5, 5.41) is 5.39. The number of carbonyl (C=O) groups excluding carboxylic acids is 3. The lowest BCUT2D eigenvalue weighted by Crippen LogP contribution is -2.31. The van der Waals surface area contributed by atoms with E-state index in [2.05, 4.69) is 29.7 Å². The summed E-state index contributed by atoms with van der Waals surface area (Å²) < 4.78 is 0. The highest BCUT2D eigenvalue weighted by atomic mass is 16.2. The Morgan fingerprint density at radius 3 is 2.14 bits per heavy atom. The molecule has 2 N–H and O–H groups in total. The fraction of sp³-hybridized carbons (Fsp3) is 0.318. The number of carbonyl (C=O) groups is 3. The number of rotatable bonds is 4. The fourth-order valence-corrected chi connectivity index (χ4v) is 3.76. The van der Waals surface area contributed by atoms with Gasteiger partial charge in [0.05, 0.1) is 6.04 Å². The Kier molecular flexibility index (Phi) is 5.78. The average Bonchev–Trinajstić information content (AvgIpc) is 3.09. The first-order chi connectivity index (χ1) is 13.3. The number of hydrogen-bond donors (Lipinski definition) is 2. The van der Waals surface area contributed by atoms with Crippen LogP contribution in [0.25, 0.3) is 0 Å². The van der Waals surface area contributed by atoms with E-state index in [-0.39, 0.29) is 23.8 Å². The minimum atomic E-state index is -0.239. The van der Waals surface area contributed by atoms with Crippen molar-refractivity contribution in [2.75, 3.05) is 17.2 Å². The first-order valence-electron chi connectivity index (χ1n) is 9.42. The Morgan fingerprint density at radius 1 is 0.964 bits per heavy atom. The van der Waals surface area contributed by atoms with Gasteiger partial charge < -0.3 is 15.5 Å². The zero-order valence-electron chi connectivity index (χ0n) is 16.4. The minimum absolute atomic E-state index is 0.0299. The summed E-state index contributed by atoms with van der Waals surface area (Å²) in [6.45, 7) is 5.54. The van der Waals surface area contributed by atoms with Crippen molar-refractivity contribution in [3.8, 4) is 0 Å². The van der Waals surface area contributed by atoms with Crippen LogP contribution >= 0.6 is 0 Å². The van der Waals surface area contributed by atoms with Gasteiger partial charge in [0.1, 0.15) is 0 Å². The Labute approximate surface area is 164 Å². The van der Waals surface area contributed by atoms with Crippen LogP contribution in [-0.2, 0) is 9.59 Å². The standard InChI is InChI=1S/C22H25N3O3/c1-14-7-4-5-8-20(14)21-9-6-10-25(21)22(28)17-11-18(23-15(2)26)13-19(12-17)24-16(3)27/h4-5,7-8,11-13,21H,6,9-10H2,1-3H3,(H,23,26)(H,24,27)/t21-/m1/s1. The van der Waals surface area contributed by atoms with Gasteiger partial charge in [0.2, 0.25) is 11.8 Å². The third-order valence-electron chi connectivity index (χ3n) is 4.88. The Hall–Kier alpha value is -3.15. The molecule has 1 heterocycles. The van der Waals surface area contributed by atoms with Crippen LogP contribution in [-0.4, -0.2) is 29.2 Å². The lowest BCUT2D eigenvalue weighted by molar-refractivity contribution is -0.115. The van der Waals surface area contributed by atoms with Crippen molar-refractivity contribution < 1.29 is 14.4 Å². The van der Waals surface area contributed by atoms with Crippen molar-refractivity contribution in [2.45, 2.75) is 39.7 Å². The molecule has 1 aliphatic heterocycles. The number of hydrogen-bond acceptors (Lipinski definition) is 3. The molecule has 1 atom stereocenters. The van der Waals surface area contributed by atoms with Crippen LogP contribution in [0.3, 0.4) is 0 Å². The van der Waals surface area contributed by atoms with E-state index in [1.54, 1.807) is 18.2 Å². The summed E-state index contributed by atoms with van der Waals surface area (Å²) >= 11 is 0. The molecule has 0 unspecified atom stereocenters. The molecule has 6 nitrogen and oxygen atoms in total. The third-order valence-corrected chi connectivity index (χ3v) is 4.88. The van der Waals surface area contributed by atoms with Gasteiger partial charge in [0.15, 0.2) is 0 Å². The molecule has 3 rings (SSSR count). The van der Waals surface area contributed by atoms with Crippen molar-refractivity contribution in [1.29, 1.82) is 0 Å². The van der Waals surface area contributed by atoms with Gasteiger partial charge in [0.25, 0.3) is 5.91 Å². The number of anilines is 2. The number of aryl methyl sites for hydroxylation is 1. The van der Waals surface area contributed by atoms with Gasteiger partial charge in [-0.05, 0) is 49.1 Å². The molecule has 1 saturated heterocycles. The van der Waals surface area contributed by atoms with E-state index in [0.717, 1.165) is 24.0 Å². The summed E-state index contributed by atoms with van der Waals surface area (Å²) in [6.07, 6.45) is 1.86. The first kappa shape index (κ1) is 19.6. The predicted octanol–water partition coefficient (Wildman–Crippen LogP) is 3.89. The zero-order chi connectivity index (χ0) is 20.3. The molecule has 2 aromatic carbocycles. The number of amides is 3. The number of nitrogens with zero attached hydrogens (tertiary/aromatic N) is 1. The first-order valence-corrected chi connectivity index (χ1v) is 9.42. The maximum absolute atomic E-state index is 13.3. The molecule has 0 saturated carbocycles. The van der Waals surface area contributed by atoms with Gasteiger partial charge in [-0.1, -0.05) is 24.3 Å². The van der Waals surface area contributed by atoms with Crippen LogP contribution in [0.15, 0.2) is 42.5 Å². The second-order valence-corrected chi connectivity index (χ2v) is 7.17. The van der Waals surface area contributed by atoms with Crippen LogP contribution in [0.5, 0.6) is 0 Å². The summed E-state index contributed by atoms with van der Waals surface area (Å²) in [5.74, 6) is -0.584. The summed E-state index contributed by atoms with van der Waals surface area (Å²) in [5.41, 5.74) is 3.73. The lowest BCUT2D eigenvalue weighted by atomic mass is 9.99. The molecule has 3 amide bonds. The van der Waals surface area contributed by atoms with E-state index in [1.165, 1.54) is 13.8 Å². The van der Waals surface area contributed by atoms with Gasteiger partial charge in [-0.25, -0.2) is 0 Å². The highest BCUT2D eigenvalue weighted by molar-refractivity contribution is 6.00. The van der Waals surface area contributed by atoms with E-state index in [1.807, 2.05) is 17.0 Å². The molecule has 28 heavy (non-hydrogen) atoms. The van der Waals surface area contributed by atoms with Crippen molar-refractivity contribution >= 4 is 29.1 Å². The molecule has 0 aliphatic carbocycles. The Bertz CT molecular complexity index is 889. The maximum atomic E-state index is 13.3. The molecule has 1 aliphatic rings. The molecule has 6 heteroatoms. The molecule has 146 valence electrons. The van der Waals surface area contributed by atoms with Gasteiger partial charge in [-0.2, -0.15) is 0 Å². The Balaban J connectivity index is 1.94. The largest absolute Gasteiger partial charge is 0.332 e. The van der Waals surface area contributed by atoms with Gasteiger partial charge in [-0.3, -0.25) is 14.4 Å². The van der Waals surface area contributed by atoms with E-state index in [4.69, 9.17) is 0 Å². The van der Waals surface area contributed by atoms with E-state index >= 15 is 0 Å². The normalized spacial score (nSPS) is 16.0. The molecule has 2 aromatic rings. The minimum Gasteiger partial charge on any atom is -0.332 e. The topological polar surface area (TPSA) is 78.5 Å². The third kappa shape index (κ3) is 4.39. The molecule has 0 bridgehead atoms. The molecular formula is C22H25N3O3. The number of likely N-dealkylation sites (tertiary alicyclic amines) is 1. The van der Waals surface area contributed by atoms with Crippen molar-refractivity contribution in [3.05, 3.63) is 59.2 Å². The second kappa shape index (κ2) is 8.25. The molecule has 0 spiro atoms. The van der Waals surface area contributed by atoms with E-state index in [0.29, 0.717) is 23.5 Å². The molecular weight excluding hydrogens is 354 g/mol. The zero-order valence-corrected chi connectivity index (χ0v) is 16.4. The van der Waals surface area contributed by atoms with Crippen LogP contribution in [0, 0.1) is 6.92 Å². The highest BCUT2D eigenvalue weighted by Gasteiger charge is 2.31. The van der Waals surface area contributed by atoms with Crippen molar-refractivity contribution in [2.24, 2.45) is 0 Å². The average molecular weight is 379 g/mol. The fourth-order valence-electron chi connectivity index (χ4n) is 3.76. The molecule has 1 fully saturated rings. The van der Waals surface area contributed by atoms with Gasteiger partial charge >= 0.3 is 0 Å². The molecule has 0 aromatic heterocycles. The predicted molar refractivity (Wildman–Crippen MR) is 109 cm³/mol. The quantitative estimate of drug-likeness (QED) is 0.846. The van der Waals surface area contributed by atoms with Crippen LogP contribution in [0.2, 0.25) is 0 Å². The summed E-state index contributed by atoms with van der Waals surface area (Å²) in [4.78, 5) is 38.1. The van der Waals surface area contributed by atoms with Crippen molar-refractivity contribution in [1.82, 2.24) is 4.90 Å². The molecule has 0 radical (unpaired) electrons. The van der Waals surface area contributed by atoms with E-state index in [9.17, 15) is 14.4 Å². The lowest BCUT2D eigenvalue weighted by Gasteiger charge is -2.27. The maximum Gasteiger partial charge on any atom is 0.254 e. The van der Waals surface area contributed by atoms with Crippen molar-refractivity contribution in [3.63, 3.8) is 0 Å². The second-order valence-electron chi connectivity index (χ2n) is 7.17. The van der Waals surface area contributed by atoms with Crippen LogP contribution < -0.4 is 10.6 Å².